The lowest BCUT2D eigenvalue weighted by molar-refractivity contribution is 0.172. The maximum Gasteiger partial charge on any atom is 0.128 e. The SMILES string of the molecule is CCN1CCCC(C(C)Nc2cccc(F)c2C)C1. The zero-order valence-electron chi connectivity index (χ0n) is 12.2. The van der Waals surface area contributed by atoms with Crippen LogP contribution in [0.2, 0.25) is 0 Å². The normalized spacial score (nSPS) is 22.2. The molecule has 1 heterocycles. The van der Waals surface area contributed by atoms with Crippen molar-refractivity contribution in [3.05, 3.63) is 29.6 Å². The first-order valence-electron chi connectivity index (χ1n) is 7.35. The molecule has 1 N–H and O–H groups in total. The highest BCUT2D eigenvalue weighted by molar-refractivity contribution is 5.51. The van der Waals surface area contributed by atoms with E-state index in [9.17, 15) is 4.39 Å². The van der Waals surface area contributed by atoms with Crippen molar-refractivity contribution < 1.29 is 4.39 Å². The van der Waals surface area contributed by atoms with Crippen LogP contribution in [0.3, 0.4) is 0 Å². The van der Waals surface area contributed by atoms with Gasteiger partial charge in [-0.05, 0) is 57.8 Å². The van der Waals surface area contributed by atoms with Crippen molar-refractivity contribution in [3.63, 3.8) is 0 Å². The third-order valence-corrected chi connectivity index (χ3v) is 4.35. The van der Waals surface area contributed by atoms with E-state index in [1.807, 2.05) is 13.0 Å². The van der Waals surface area contributed by atoms with Crippen molar-refractivity contribution in [1.82, 2.24) is 4.90 Å². The molecule has 0 saturated carbocycles. The number of nitrogens with one attached hydrogen (secondary N) is 1. The Balaban J connectivity index is 2.00. The van der Waals surface area contributed by atoms with Crippen molar-refractivity contribution in [2.75, 3.05) is 25.0 Å². The van der Waals surface area contributed by atoms with Gasteiger partial charge in [0, 0.05) is 23.8 Å². The highest BCUT2D eigenvalue weighted by Crippen LogP contribution is 2.24. The lowest BCUT2D eigenvalue weighted by atomic mass is 9.91. The molecule has 3 heteroatoms. The Hall–Kier alpha value is -1.09. The van der Waals surface area contributed by atoms with E-state index in [1.165, 1.54) is 25.5 Å². The third kappa shape index (κ3) is 3.47. The third-order valence-electron chi connectivity index (χ3n) is 4.35. The molecule has 0 bridgehead atoms. The van der Waals surface area contributed by atoms with Gasteiger partial charge in [-0.25, -0.2) is 4.39 Å². The zero-order valence-corrected chi connectivity index (χ0v) is 12.2. The Morgan fingerprint density at radius 2 is 2.26 bits per heavy atom. The lowest BCUT2D eigenvalue weighted by Gasteiger charge is -2.36. The van der Waals surface area contributed by atoms with Crippen molar-refractivity contribution in [2.24, 2.45) is 5.92 Å². The number of hydrogen-bond donors (Lipinski definition) is 1. The highest BCUT2D eigenvalue weighted by atomic mass is 19.1. The highest BCUT2D eigenvalue weighted by Gasteiger charge is 2.24. The fraction of sp³-hybridized carbons (Fsp3) is 0.625. The Labute approximate surface area is 116 Å². The van der Waals surface area contributed by atoms with Gasteiger partial charge in [0.1, 0.15) is 5.82 Å². The first kappa shape index (κ1) is 14.3. The number of anilines is 1. The predicted molar refractivity (Wildman–Crippen MR) is 79.1 cm³/mol. The maximum absolute atomic E-state index is 13.5. The first-order chi connectivity index (χ1) is 9.11. The summed E-state index contributed by atoms with van der Waals surface area (Å²) in [5, 5.41) is 3.50. The van der Waals surface area contributed by atoms with E-state index in [4.69, 9.17) is 0 Å². The standard InChI is InChI=1S/C16H25FN2/c1-4-19-10-6-7-14(11-19)13(3)18-16-9-5-8-15(17)12(16)2/h5,8-9,13-14,18H,4,6-7,10-11H2,1-3H3. The molecular weight excluding hydrogens is 239 g/mol. The summed E-state index contributed by atoms with van der Waals surface area (Å²) < 4.78 is 13.5. The molecule has 2 nitrogen and oxygen atoms in total. The summed E-state index contributed by atoms with van der Waals surface area (Å²) in [6.45, 7) is 9.77. The molecule has 0 aliphatic carbocycles. The van der Waals surface area contributed by atoms with Crippen LogP contribution >= 0.6 is 0 Å². The monoisotopic (exact) mass is 264 g/mol. The van der Waals surface area contributed by atoms with Crippen LogP contribution in [-0.2, 0) is 0 Å². The van der Waals surface area contributed by atoms with E-state index in [2.05, 4.69) is 24.1 Å². The van der Waals surface area contributed by atoms with Crippen molar-refractivity contribution in [1.29, 1.82) is 0 Å². The van der Waals surface area contributed by atoms with Crippen LogP contribution in [0.1, 0.15) is 32.3 Å². The van der Waals surface area contributed by atoms with E-state index < -0.39 is 0 Å². The minimum atomic E-state index is -0.129. The number of rotatable bonds is 4. The molecule has 2 unspecified atom stereocenters. The smallest absolute Gasteiger partial charge is 0.128 e. The fourth-order valence-corrected chi connectivity index (χ4v) is 2.91. The van der Waals surface area contributed by atoms with Gasteiger partial charge >= 0.3 is 0 Å². The second-order valence-electron chi connectivity index (χ2n) is 5.64. The minimum Gasteiger partial charge on any atom is -0.382 e. The van der Waals surface area contributed by atoms with E-state index in [0.717, 1.165) is 24.3 Å². The van der Waals surface area contributed by atoms with Gasteiger partial charge < -0.3 is 10.2 Å². The van der Waals surface area contributed by atoms with E-state index >= 15 is 0 Å². The van der Waals surface area contributed by atoms with Gasteiger partial charge in [0.2, 0.25) is 0 Å². The molecule has 0 radical (unpaired) electrons. The Bertz CT molecular complexity index is 419. The molecule has 2 atom stereocenters. The van der Waals surface area contributed by atoms with Crippen LogP contribution in [0.25, 0.3) is 0 Å². The molecule has 0 aromatic heterocycles. The van der Waals surface area contributed by atoms with Crippen LogP contribution in [0, 0.1) is 18.7 Å². The van der Waals surface area contributed by atoms with Crippen molar-refractivity contribution >= 4 is 5.69 Å². The molecule has 1 fully saturated rings. The van der Waals surface area contributed by atoms with Crippen LogP contribution in [0.4, 0.5) is 10.1 Å². The van der Waals surface area contributed by atoms with Crippen LogP contribution in [0.15, 0.2) is 18.2 Å². The molecule has 1 aliphatic rings. The van der Waals surface area contributed by atoms with Crippen molar-refractivity contribution in [3.8, 4) is 0 Å². The molecule has 2 rings (SSSR count). The quantitative estimate of drug-likeness (QED) is 0.892. The second-order valence-corrected chi connectivity index (χ2v) is 5.64. The lowest BCUT2D eigenvalue weighted by Crippen LogP contribution is -2.41. The zero-order chi connectivity index (χ0) is 13.8. The number of halogens is 1. The van der Waals surface area contributed by atoms with Gasteiger partial charge in [-0.2, -0.15) is 0 Å². The summed E-state index contributed by atoms with van der Waals surface area (Å²) in [7, 11) is 0. The average molecular weight is 264 g/mol. The number of nitrogens with zero attached hydrogens (tertiary/aromatic N) is 1. The van der Waals surface area contributed by atoms with Crippen LogP contribution < -0.4 is 5.32 Å². The number of piperidine rings is 1. The van der Waals surface area contributed by atoms with Gasteiger partial charge in [0.15, 0.2) is 0 Å². The molecule has 106 valence electrons. The Morgan fingerprint density at radius 1 is 1.47 bits per heavy atom. The summed E-state index contributed by atoms with van der Waals surface area (Å²) in [6, 6.07) is 5.64. The summed E-state index contributed by atoms with van der Waals surface area (Å²) in [5.41, 5.74) is 1.65. The van der Waals surface area contributed by atoms with E-state index in [0.29, 0.717) is 12.0 Å². The van der Waals surface area contributed by atoms with Gasteiger partial charge in [0.05, 0.1) is 0 Å². The summed E-state index contributed by atoms with van der Waals surface area (Å²) in [5.74, 6) is 0.521. The Kier molecular flexibility index (Phi) is 4.81. The van der Waals surface area contributed by atoms with Gasteiger partial charge in [-0.1, -0.05) is 13.0 Å². The average Bonchev–Trinajstić information content (AvgIpc) is 2.44. The topological polar surface area (TPSA) is 15.3 Å². The summed E-state index contributed by atoms with van der Waals surface area (Å²) >= 11 is 0. The van der Waals surface area contributed by atoms with Crippen molar-refractivity contribution in [2.45, 2.75) is 39.7 Å². The first-order valence-corrected chi connectivity index (χ1v) is 7.35. The molecule has 1 saturated heterocycles. The minimum absolute atomic E-state index is 0.129. The predicted octanol–water partition coefficient (Wildman–Crippen LogP) is 3.67. The molecular formula is C16H25FN2. The maximum atomic E-state index is 13.5. The molecule has 0 spiro atoms. The molecule has 1 aliphatic heterocycles. The number of likely N-dealkylation sites (tertiary alicyclic amines) is 1. The van der Waals surface area contributed by atoms with Gasteiger partial charge in [0.25, 0.3) is 0 Å². The van der Waals surface area contributed by atoms with Gasteiger partial charge in [-0.3, -0.25) is 0 Å². The molecule has 19 heavy (non-hydrogen) atoms. The van der Waals surface area contributed by atoms with Crippen LogP contribution in [0.5, 0.6) is 0 Å². The number of benzene rings is 1. The molecule has 1 aromatic carbocycles. The molecule has 0 amide bonds. The van der Waals surface area contributed by atoms with E-state index in [1.54, 1.807) is 6.07 Å². The Morgan fingerprint density at radius 3 is 3.00 bits per heavy atom. The summed E-state index contributed by atoms with van der Waals surface area (Å²) in [6.07, 6.45) is 2.53. The fourth-order valence-electron chi connectivity index (χ4n) is 2.91. The summed E-state index contributed by atoms with van der Waals surface area (Å²) in [4.78, 5) is 2.50. The second kappa shape index (κ2) is 6.38. The largest absolute Gasteiger partial charge is 0.382 e. The molecule has 1 aromatic rings. The van der Waals surface area contributed by atoms with E-state index in [-0.39, 0.29) is 5.82 Å². The van der Waals surface area contributed by atoms with Crippen LogP contribution in [-0.4, -0.2) is 30.6 Å². The van der Waals surface area contributed by atoms with Gasteiger partial charge in [-0.15, -0.1) is 0 Å². The number of hydrogen-bond acceptors (Lipinski definition) is 2.